The molecule has 1 aromatic rings. The normalized spacial score (nSPS) is 9.25. The van der Waals surface area contributed by atoms with Gasteiger partial charge in [0, 0.05) is 12.8 Å². The number of rotatable bonds is 5. The van der Waals surface area contributed by atoms with Gasteiger partial charge < -0.3 is 0 Å². The predicted octanol–water partition coefficient (Wildman–Crippen LogP) is 4.32. The van der Waals surface area contributed by atoms with Crippen molar-refractivity contribution in [3.05, 3.63) is 35.4 Å². The van der Waals surface area contributed by atoms with Crippen molar-refractivity contribution in [1.29, 1.82) is 0 Å². The molecule has 0 amide bonds. The summed E-state index contributed by atoms with van der Waals surface area (Å²) in [4.78, 5) is 11.1. The predicted molar refractivity (Wildman–Crippen MR) is 70.8 cm³/mol. The molecule has 1 rings (SSSR count). The van der Waals surface area contributed by atoms with Gasteiger partial charge >= 0.3 is 0 Å². The maximum Gasteiger partial charge on any atom is 0.132 e. The van der Waals surface area contributed by atoms with Crippen LogP contribution < -0.4 is 0 Å². The molecule has 0 fully saturated rings. The zero-order valence-electron chi connectivity index (χ0n) is 11.0. The summed E-state index contributed by atoms with van der Waals surface area (Å²) in [6, 6.07) is 8.53. The van der Waals surface area contributed by atoms with E-state index in [-0.39, 0.29) is 0 Å². The van der Waals surface area contributed by atoms with Crippen LogP contribution in [0.5, 0.6) is 0 Å². The monoisotopic (exact) mass is 220 g/mol. The van der Waals surface area contributed by atoms with Crippen molar-refractivity contribution in [2.45, 2.75) is 53.4 Å². The molecule has 0 aliphatic heterocycles. The molecule has 0 atom stereocenters. The fourth-order valence-corrected chi connectivity index (χ4v) is 1.42. The van der Waals surface area contributed by atoms with E-state index in [4.69, 9.17) is 0 Å². The second-order valence-electron chi connectivity index (χ2n) is 3.73. The van der Waals surface area contributed by atoms with Crippen molar-refractivity contribution >= 4 is 5.78 Å². The maximum atomic E-state index is 11.1. The number of hydrogen-bond donors (Lipinski definition) is 0. The highest BCUT2D eigenvalue weighted by molar-refractivity contribution is 5.77. The second-order valence-corrected chi connectivity index (χ2v) is 3.73. The first-order valence-electron chi connectivity index (χ1n) is 6.29. The molecule has 0 saturated heterocycles. The molecule has 0 unspecified atom stereocenters. The number of carbonyl (C=O) groups excluding carboxylic acids is 1. The summed E-state index contributed by atoms with van der Waals surface area (Å²) in [6.07, 6.45) is 3.40. The largest absolute Gasteiger partial charge is 0.300 e. The molecule has 0 bridgehead atoms. The summed E-state index contributed by atoms with van der Waals surface area (Å²) in [5, 5.41) is 0. The van der Waals surface area contributed by atoms with Gasteiger partial charge in [0.15, 0.2) is 0 Å². The molecule has 0 heterocycles. The minimum atomic E-state index is 0.372. The highest BCUT2D eigenvalue weighted by atomic mass is 16.1. The van der Waals surface area contributed by atoms with E-state index < -0.39 is 0 Å². The molecule has 0 spiro atoms. The number of aryl methyl sites for hydroxylation is 2. The van der Waals surface area contributed by atoms with Crippen molar-refractivity contribution in [2.24, 2.45) is 0 Å². The smallest absolute Gasteiger partial charge is 0.132 e. The van der Waals surface area contributed by atoms with E-state index >= 15 is 0 Å². The Balaban J connectivity index is 0.00000106. The number of ketones is 1. The van der Waals surface area contributed by atoms with E-state index in [1.165, 1.54) is 11.1 Å². The van der Waals surface area contributed by atoms with Crippen molar-refractivity contribution in [2.75, 3.05) is 0 Å². The van der Waals surface area contributed by atoms with E-state index in [2.05, 4.69) is 31.2 Å². The van der Waals surface area contributed by atoms with Crippen LogP contribution in [0, 0.1) is 6.92 Å². The lowest BCUT2D eigenvalue weighted by atomic mass is 10.0. The Morgan fingerprint density at radius 3 is 2.19 bits per heavy atom. The zero-order valence-corrected chi connectivity index (χ0v) is 11.0. The summed E-state index contributed by atoms with van der Waals surface area (Å²) in [6.45, 7) is 8.01. The Hall–Kier alpha value is -1.11. The lowest BCUT2D eigenvalue weighted by molar-refractivity contribution is -0.118. The third-order valence-electron chi connectivity index (χ3n) is 2.44. The molecule has 0 saturated carbocycles. The Bertz CT molecular complexity index is 285. The lowest BCUT2D eigenvalue weighted by Crippen LogP contribution is -1.96. The van der Waals surface area contributed by atoms with Crippen LogP contribution in [0.2, 0.25) is 0 Å². The minimum absolute atomic E-state index is 0.372. The molecule has 1 heteroatoms. The van der Waals surface area contributed by atoms with Gasteiger partial charge in [-0.15, -0.1) is 0 Å². The lowest BCUT2D eigenvalue weighted by Gasteiger charge is -2.01. The Morgan fingerprint density at radius 2 is 1.69 bits per heavy atom. The number of benzene rings is 1. The van der Waals surface area contributed by atoms with E-state index in [0.717, 1.165) is 19.3 Å². The summed E-state index contributed by atoms with van der Waals surface area (Å²) in [5.41, 5.74) is 2.62. The molecular formula is C15H24O. The van der Waals surface area contributed by atoms with Gasteiger partial charge in [-0.2, -0.15) is 0 Å². The van der Waals surface area contributed by atoms with Crippen LogP contribution in [0.1, 0.15) is 51.2 Å². The molecule has 0 aliphatic carbocycles. The average Bonchev–Trinajstić information content (AvgIpc) is 2.34. The summed E-state index contributed by atoms with van der Waals surface area (Å²) in [7, 11) is 0. The van der Waals surface area contributed by atoms with E-state index in [1.54, 1.807) is 0 Å². The first kappa shape index (κ1) is 14.9. The molecule has 0 N–H and O–H groups in total. The van der Waals surface area contributed by atoms with Crippen LogP contribution >= 0.6 is 0 Å². The molecule has 1 nitrogen and oxygen atoms in total. The fourth-order valence-electron chi connectivity index (χ4n) is 1.42. The first-order chi connectivity index (χ1) is 7.72. The quantitative estimate of drug-likeness (QED) is 0.722. The van der Waals surface area contributed by atoms with Crippen molar-refractivity contribution in [1.82, 2.24) is 0 Å². The maximum absolute atomic E-state index is 11.1. The Morgan fingerprint density at radius 1 is 1.12 bits per heavy atom. The molecule has 90 valence electrons. The molecule has 0 aromatic heterocycles. The summed E-state index contributed by atoms with van der Waals surface area (Å²) < 4.78 is 0. The highest BCUT2D eigenvalue weighted by Gasteiger charge is 1.98. The van der Waals surface area contributed by atoms with E-state index in [9.17, 15) is 4.79 Å². The van der Waals surface area contributed by atoms with Gasteiger partial charge in [0.05, 0.1) is 0 Å². The van der Waals surface area contributed by atoms with Crippen LogP contribution in [0.3, 0.4) is 0 Å². The molecule has 1 aromatic carbocycles. The third kappa shape index (κ3) is 6.39. The van der Waals surface area contributed by atoms with Crippen molar-refractivity contribution in [3.8, 4) is 0 Å². The minimum Gasteiger partial charge on any atom is -0.300 e. The standard InChI is InChI=1S/C13H18O.C2H6/c1-3-13(14)6-4-5-12-9-7-11(2)8-10-12;1-2/h7-10H,3-6H2,1-2H3;1-2H3. The third-order valence-corrected chi connectivity index (χ3v) is 2.44. The molecule has 0 radical (unpaired) electrons. The van der Waals surface area contributed by atoms with Gasteiger partial charge in [-0.25, -0.2) is 0 Å². The highest BCUT2D eigenvalue weighted by Crippen LogP contribution is 2.07. The number of Topliss-reactive ketones (excluding diaryl/α,β-unsaturated/α-hetero) is 1. The Kier molecular flexibility index (Phi) is 8.51. The topological polar surface area (TPSA) is 17.1 Å². The first-order valence-corrected chi connectivity index (χ1v) is 6.29. The van der Waals surface area contributed by atoms with E-state index in [1.807, 2.05) is 20.8 Å². The van der Waals surface area contributed by atoms with Gasteiger partial charge in [-0.1, -0.05) is 50.6 Å². The van der Waals surface area contributed by atoms with Gasteiger partial charge in [-0.05, 0) is 25.3 Å². The summed E-state index contributed by atoms with van der Waals surface area (Å²) in [5.74, 6) is 0.372. The average molecular weight is 220 g/mol. The summed E-state index contributed by atoms with van der Waals surface area (Å²) >= 11 is 0. The zero-order chi connectivity index (χ0) is 12.4. The molecular weight excluding hydrogens is 196 g/mol. The van der Waals surface area contributed by atoms with Crippen LogP contribution in [0.25, 0.3) is 0 Å². The van der Waals surface area contributed by atoms with Crippen molar-refractivity contribution < 1.29 is 4.79 Å². The number of hydrogen-bond acceptors (Lipinski definition) is 1. The molecule has 0 aliphatic rings. The SMILES string of the molecule is CC.CCC(=O)CCCc1ccc(C)cc1. The van der Waals surface area contributed by atoms with Gasteiger partial charge in [0.1, 0.15) is 5.78 Å². The van der Waals surface area contributed by atoms with Gasteiger partial charge in [0.25, 0.3) is 0 Å². The van der Waals surface area contributed by atoms with Crippen LogP contribution in [-0.4, -0.2) is 5.78 Å². The fraction of sp³-hybridized carbons (Fsp3) is 0.533. The van der Waals surface area contributed by atoms with Crippen molar-refractivity contribution in [3.63, 3.8) is 0 Å². The van der Waals surface area contributed by atoms with E-state index in [0.29, 0.717) is 12.2 Å². The van der Waals surface area contributed by atoms with Crippen LogP contribution in [0.15, 0.2) is 24.3 Å². The Labute approximate surface area is 99.9 Å². The van der Waals surface area contributed by atoms with Gasteiger partial charge in [0.2, 0.25) is 0 Å². The van der Waals surface area contributed by atoms with Crippen LogP contribution in [0.4, 0.5) is 0 Å². The second kappa shape index (κ2) is 9.14. The number of carbonyl (C=O) groups is 1. The van der Waals surface area contributed by atoms with Crippen LogP contribution in [-0.2, 0) is 11.2 Å². The van der Waals surface area contributed by atoms with Gasteiger partial charge in [-0.3, -0.25) is 4.79 Å². The molecule has 16 heavy (non-hydrogen) atoms.